The summed E-state index contributed by atoms with van der Waals surface area (Å²) in [5.41, 5.74) is 9.08. The quantitative estimate of drug-likeness (QED) is 0.271. The SMILES string of the molecule is CC(=O)c1[nH]c(/C=C2\C(=O)Nc3ccc(-c4csc(-c5ccccc5)n4)cc32)c2c1CCCC2. The first-order valence-electron chi connectivity index (χ1n) is 11.5. The Morgan fingerprint density at radius 2 is 1.82 bits per heavy atom. The first-order chi connectivity index (χ1) is 16.6. The standard InChI is InChI=1S/C28H23N3O2S/c1-16(32)26-20-10-6-5-9-19(20)24(29-26)14-22-21-13-18(11-12-23(21)30-27(22)33)25-15-34-28(31-25)17-7-3-2-4-8-17/h2-4,7-8,11-15,29H,5-6,9-10H2,1H3,(H,30,33)/b22-14-. The van der Waals surface area contributed by atoms with Gasteiger partial charge in [-0.15, -0.1) is 11.3 Å². The summed E-state index contributed by atoms with van der Waals surface area (Å²) >= 11 is 1.61. The Bertz CT molecular complexity index is 1480. The molecule has 0 atom stereocenters. The van der Waals surface area contributed by atoms with Gasteiger partial charge in [-0.3, -0.25) is 9.59 Å². The van der Waals surface area contributed by atoms with Crippen LogP contribution in [0.15, 0.2) is 53.9 Å². The van der Waals surface area contributed by atoms with Gasteiger partial charge in [0, 0.05) is 40.4 Å². The molecule has 5 nitrogen and oxygen atoms in total. The van der Waals surface area contributed by atoms with Crippen LogP contribution in [0.4, 0.5) is 5.69 Å². The van der Waals surface area contributed by atoms with E-state index in [1.54, 1.807) is 18.3 Å². The van der Waals surface area contributed by atoms with Crippen molar-refractivity contribution >= 4 is 40.4 Å². The van der Waals surface area contributed by atoms with Gasteiger partial charge in [-0.05, 0) is 55.0 Å². The first-order valence-corrected chi connectivity index (χ1v) is 12.4. The average molecular weight is 466 g/mol. The van der Waals surface area contributed by atoms with Crippen LogP contribution in [0.2, 0.25) is 0 Å². The smallest absolute Gasteiger partial charge is 0.256 e. The number of nitrogens with one attached hydrogen (secondary N) is 2. The molecule has 0 fully saturated rings. The van der Waals surface area contributed by atoms with Gasteiger partial charge in [-0.25, -0.2) is 4.98 Å². The van der Waals surface area contributed by atoms with Crippen molar-refractivity contribution in [1.82, 2.24) is 9.97 Å². The van der Waals surface area contributed by atoms with Gasteiger partial charge in [0.15, 0.2) is 5.78 Å². The second-order valence-electron chi connectivity index (χ2n) is 8.81. The highest BCUT2D eigenvalue weighted by molar-refractivity contribution is 7.13. The largest absolute Gasteiger partial charge is 0.352 e. The van der Waals surface area contributed by atoms with Gasteiger partial charge in [0.05, 0.1) is 17.0 Å². The number of thiazole rings is 1. The highest BCUT2D eigenvalue weighted by atomic mass is 32.1. The van der Waals surface area contributed by atoms with Gasteiger partial charge in [-0.2, -0.15) is 0 Å². The van der Waals surface area contributed by atoms with Gasteiger partial charge in [0.1, 0.15) is 5.01 Å². The molecule has 3 heterocycles. The third-order valence-corrected chi connectivity index (χ3v) is 7.51. The van der Waals surface area contributed by atoms with E-state index in [2.05, 4.69) is 27.8 Å². The number of carbonyl (C=O) groups is 2. The molecule has 1 aliphatic heterocycles. The number of rotatable bonds is 4. The molecule has 2 N–H and O–H groups in total. The molecular weight excluding hydrogens is 442 g/mol. The van der Waals surface area contributed by atoms with Gasteiger partial charge in [-0.1, -0.05) is 36.4 Å². The Morgan fingerprint density at radius 1 is 1.03 bits per heavy atom. The Kier molecular flexibility index (Phi) is 5.03. The zero-order valence-electron chi connectivity index (χ0n) is 18.8. The fraction of sp³-hybridized carbons (Fsp3) is 0.179. The summed E-state index contributed by atoms with van der Waals surface area (Å²) in [6, 6.07) is 16.1. The predicted molar refractivity (Wildman–Crippen MR) is 137 cm³/mol. The number of benzene rings is 2. The van der Waals surface area contributed by atoms with E-state index in [9.17, 15) is 9.59 Å². The molecule has 0 saturated carbocycles. The van der Waals surface area contributed by atoms with Gasteiger partial charge in [0.25, 0.3) is 5.91 Å². The molecule has 2 aliphatic rings. The second-order valence-corrected chi connectivity index (χ2v) is 9.67. The Hall–Kier alpha value is -3.77. The lowest BCUT2D eigenvalue weighted by atomic mass is 9.90. The number of aromatic amines is 1. The minimum absolute atomic E-state index is 0.0408. The van der Waals surface area contributed by atoms with E-state index < -0.39 is 0 Å². The predicted octanol–water partition coefficient (Wildman–Crippen LogP) is 6.38. The fourth-order valence-corrected chi connectivity index (χ4v) is 5.78. The molecule has 4 aromatic rings. The molecule has 34 heavy (non-hydrogen) atoms. The lowest BCUT2D eigenvalue weighted by Gasteiger charge is -2.12. The van der Waals surface area contributed by atoms with E-state index in [0.29, 0.717) is 11.3 Å². The number of amides is 1. The molecule has 6 heteroatoms. The van der Waals surface area contributed by atoms with Crippen molar-refractivity contribution in [1.29, 1.82) is 0 Å². The minimum atomic E-state index is -0.126. The summed E-state index contributed by atoms with van der Waals surface area (Å²) in [6.45, 7) is 1.60. The molecule has 1 amide bonds. The molecule has 0 radical (unpaired) electrons. The lowest BCUT2D eigenvalue weighted by molar-refractivity contribution is -0.110. The third-order valence-electron chi connectivity index (χ3n) is 6.62. The van der Waals surface area contributed by atoms with Crippen LogP contribution in [0.1, 0.15) is 52.6 Å². The number of Topliss-reactive ketones (excluding diaryl/α,β-unsaturated/α-hetero) is 1. The number of anilines is 1. The van der Waals surface area contributed by atoms with Crippen LogP contribution >= 0.6 is 11.3 Å². The highest BCUT2D eigenvalue weighted by Crippen LogP contribution is 2.38. The van der Waals surface area contributed by atoms with Gasteiger partial charge >= 0.3 is 0 Å². The molecular formula is C28H23N3O2S. The average Bonchev–Trinajstić information content (AvgIpc) is 3.56. The number of aromatic nitrogens is 2. The number of hydrogen-bond donors (Lipinski definition) is 2. The minimum Gasteiger partial charge on any atom is -0.352 e. The fourth-order valence-electron chi connectivity index (χ4n) is 4.94. The topological polar surface area (TPSA) is 74.8 Å². The van der Waals surface area contributed by atoms with Gasteiger partial charge in [0.2, 0.25) is 0 Å². The van der Waals surface area contributed by atoms with Crippen molar-refractivity contribution < 1.29 is 9.59 Å². The van der Waals surface area contributed by atoms with Crippen molar-refractivity contribution in [3.05, 3.63) is 82.0 Å². The van der Waals surface area contributed by atoms with Crippen molar-refractivity contribution in [2.75, 3.05) is 5.32 Å². The van der Waals surface area contributed by atoms with Gasteiger partial charge < -0.3 is 10.3 Å². The van der Waals surface area contributed by atoms with Crippen LogP contribution in [-0.2, 0) is 17.6 Å². The first kappa shape index (κ1) is 20.8. The number of H-pyrrole nitrogens is 1. The number of nitrogens with zero attached hydrogens (tertiary/aromatic N) is 1. The molecule has 168 valence electrons. The van der Waals surface area contributed by atoms with E-state index >= 15 is 0 Å². The molecule has 0 saturated heterocycles. The molecule has 6 rings (SSSR count). The van der Waals surface area contributed by atoms with Crippen molar-refractivity contribution in [3.8, 4) is 21.8 Å². The zero-order valence-corrected chi connectivity index (χ0v) is 19.6. The molecule has 2 aromatic carbocycles. The van der Waals surface area contributed by atoms with E-state index in [1.165, 1.54) is 5.56 Å². The number of carbonyl (C=O) groups excluding carboxylic acids is 2. The van der Waals surface area contributed by atoms with Crippen LogP contribution in [0, 0.1) is 0 Å². The van der Waals surface area contributed by atoms with Crippen LogP contribution in [0.25, 0.3) is 33.5 Å². The monoisotopic (exact) mass is 465 g/mol. The maximum Gasteiger partial charge on any atom is 0.256 e. The van der Waals surface area contributed by atoms with E-state index in [4.69, 9.17) is 4.98 Å². The molecule has 0 unspecified atom stereocenters. The summed E-state index contributed by atoms with van der Waals surface area (Å²) < 4.78 is 0. The summed E-state index contributed by atoms with van der Waals surface area (Å²) in [5.74, 6) is -0.0851. The Balaban J connectivity index is 1.41. The molecule has 0 spiro atoms. The van der Waals surface area contributed by atoms with Crippen molar-refractivity contribution in [2.45, 2.75) is 32.6 Å². The highest BCUT2D eigenvalue weighted by Gasteiger charge is 2.27. The second kappa shape index (κ2) is 8.22. The normalized spacial score (nSPS) is 15.8. The molecule has 0 bridgehead atoms. The summed E-state index contributed by atoms with van der Waals surface area (Å²) in [5, 5.41) is 6.00. The Labute approximate surface area is 201 Å². The van der Waals surface area contributed by atoms with E-state index in [0.717, 1.165) is 70.0 Å². The Morgan fingerprint density at radius 3 is 2.62 bits per heavy atom. The number of ketones is 1. The van der Waals surface area contributed by atoms with Crippen LogP contribution < -0.4 is 5.32 Å². The molecule has 2 aromatic heterocycles. The van der Waals surface area contributed by atoms with E-state index in [1.807, 2.05) is 42.5 Å². The third kappa shape index (κ3) is 3.51. The van der Waals surface area contributed by atoms with Crippen LogP contribution in [0.3, 0.4) is 0 Å². The van der Waals surface area contributed by atoms with Crippen molar-refractivity contribution in [3.63, 3.8) is 0 Å². The van der Waals surface area contributed by atoms with Crippen molar-refractivity contribution in [2.24, 2.45) is 0 Å². The maximum atomic E-state index is 12.9. The van der Waals surface area contributed by atoms with Crippen LogP contribution in [-0.4, -0.2) is 21.7 Å². The zero-order chi connectivity index (χ0) is 23.2. The maximum absolute atomic E-state index is 12.9. The number of fused-ring (bicyclic) bond motifs is 2. The molecule has 1 aliphatic carbocycles. The summed E-state index contributed by atoms with van der Waals surface area (Å²) in [7, 11) is 0. The van der Waals surface area contributed by atoms with Crippen LogP contribution in [0.5, 0.6) is 0 Å². The van der Waals surface area contributed by atoms with E-state index in [-0.39, 0.29) is 11.7 Å². The lowest BCUT2D eigenvalue weighted by Crippen LogP contribution is -2.05. The summed E-state index contributed by atoms with van der Waals surface area (Å²) in [4.78, 5) is 33.3. The number of hydrogen-bond acceptors (Lipinski definition) is 4. The summed E-state index contributed by atoms with van der Waals surface area (Å²) in [6.07, 6.45) is 5.93.